The Hall–Kier alpha value is -5.79. The molecule has 0 radical (unpaired) electrons. The van der Waals surface area contributed by atoms with Crippen LogP contribution >= 0.6 is 0 Å². The third-order valence-corrected chi connectivity index (χ3v) is 6.02. The van der Waals surface area contributed by atoms with Crippen molar-refractivity contribution in [2.24, 2.45) is 0 Å². The van der Waals surface area contributed by atoms with Gasteiger partial charge >= 0.3 is 18.0 Å². The van der Waals surface area contributed by atoms with Gasteiger partial charge in [0.15, 0.2) is 0 Å². The number of hydrogen-bond acceptors (Lipinski definition) is 10. The van der Waals surface area contributed by atoms with Crippen LogP contribution in [0.15, 0.2) is 84.9 Å². The van der Waals surface area contributed by atoms with Crippen LogP contribution in [0.2, 0.25) is 0 Å². The molecule has 0 saturated heterocycles. The highest BCUT2D eigenvalue weighted by Gasteiger charge is 2.30. The lowest BCUT2D eigenvalue weighted by Crippen LogP contribution is -2.55. The van der Waals surface area contributed by atoms with Gasteiger partial charge in [-0.1, -0.05) is 60.7 Å². The second-order valence-corrected chi connectivity index (χ2v) is 9.23. The fourth-order valence-electron chi connectivity index (χ4n) is 3.78. The smallest absolute Gasteiger partial charge is 0.408 e. The van der Waals surface area contributed by atoms with Crippen molar-refractivity contribution in [1.82, 2.24) is 16.0 Å². The molecule has 3 N–H and O–H groups in total. The van der Waals surface area contributed by atoms with Crippen LogP contribution in [0.25, 0.3) is 0 Å². The first-order valence-corrected chi connectivity index (χ1v) is 13.3. The Bertz CT molecular complexity index is 1450. The molecule has 3 amide bonds. The Balaban J connectivity index is 1.65. The Morgan fingerprint density at radius 2 is 1.39 bits per heavy atom. The zero-order valence-corrected chi connectivity index (χ0v) is 23.6. The summed E-state index contributed by atoms with van der Waals surface area (Å²) in [7, 11) is 1.10. The minimum absolute atomic E-state index is 0.00300. The summed E-state index contributed by atoms with van der Waals surface area (Å²) in [5.41, 5.74) is 1.22. The number of nitro benzene ring substituents is 1. The Morgan fingerprint density at radius 3 is 1.98 bits per heavy atom. The van der Waals surface area contributed by atoms with E-state index in [1.54, 1.807) is 54.6 Å². The maximum absolute atomic E-state index is 13.3. The van der Waals surface area contributed by atoms with Crippen molar-refractivity contribution in [3.05, 3.63) is 106 Å². The number of amides is 3. The van der Waals surface area contributed by atoms with E-state index in [1.165, 1.54) is 12.1 Å². The van der Waals surface area contributed by atoms with E-state index in [9.17, 15) is 34.1 Å². The molecular weight excluding hydrogens is 576 g/mol. The Morgan fingerprint density at radius 1 is 0.773 bits per heavy atom. The molecule has 0 saturated carbocycles. The minimum atomic E-state index is -1.48. The lowest BCUT2D eigenvalue weighted by atomic mass is 10.0. The largest absolute Gasteiger partial charge is 0.469 e. The van der Waals surface area contributed by atoms with Gasteiger partial charge in [0.2, 0.25) is 11.8 Å². The number of methoxy groups -OCH3 is 1. The minimum Gasteiger partial charge on any atom is -0.469 e. The quantitative estimate of drug-likeness (QED) is 0.106. The molecule has 3 aromatic carbocycles. The van der Waals surface area contributed by atoms with E-state index >= 15 is 0 Å². The van der Waals surface area contributed by atoms with E-state index in [1.807, 2.05) is 6.07 Å². The molecule has 14 nitrogen and oxygen atoms in total. The number of nitrogens with one attached hydrogen (secondary N) is 3. The van der Waals surface area contributed by atoms with Gasteiger partial charge in [-0.15, -0.1) is 0 Å². The van der Waals surface area contributed by atoms with Gasteiger partial charge < -0.3 is 30.2 Å². The monoisotopic (exact) mass is 606 g/mol. The molecule has 0 aromatic heterocycles. The fourth-order valence-corrected chi connectivity index (χ4v) is 3.78. The molecule has 2 atom stereocenters. The van der Waals surface area contributed by atoms with Crippen LogP contribution in [0, 0.1) is 10.1 Å². The lowest BCUT2D eigenvalue weighted by molar-refractivity contribution is -0.384. The zero-order valence-electron chi connectivity index (χ0n) is 23.6. The molecule has 0 aliphatic heterocycles. The summed E-state index contributed by atoms with van der Waals surface area (Å²) in [5.74, 6) is -3.45. The molecule has 14 heteroatoms. The molecule has 44 heavy (non-hydrogen) atoms. The van der Waals surface area contributed by atoms with E-state index in [2.05, 4.69) is 20.7 Å². The van der Waals surface area contributed by atoms with Crippen molar-refractivity contribution >= 4 is 35.5 Å². The van der Waals surface area contributed by atoms with Crippen LogP contribution in [-0.2, 0) is 41.7 Å². The topological polar surface area (TPSA) is 192 Å². The molecule has 3 aromatic rings. The van der Waals surface area contributed by atoms with Crippen LogP contribution in [0.3, 0.4) is 0 Å². The first-order valence-electron chi connectivity index (χ1n) is 13.3. The van der Waals surface area contributed by atoms with E-state index in [4.69, 9.17) is 9.47 Å². The third-order valence-electron chi connectivity index (χ3n) is 6.02. The van der Waals surface area contributed by atoms with Gasteiger partial charge in [-0.05, 0) is 23.3 Å². The van der Waals surface area contributed by atoms with Crippen LogP contribution in [-0.4, -0.2) is 60.5 Å². The molecule has 2 unspecified atom stereocenters. The van der Waals surface area contributed by atoms with Gasteiger partial charge in [0, 0.05) is 18.6 Å². The van der Waals surface area contributed by atoms with Gasteiger partial charge in [0.1, 0.15) is 31.0 Å². The standard InChI is InChI=1S/C30H30N4O10/c1-42-26(35)17-25(28(37)31-18-27(36)44-23-14-12-22(13-15-23)34(40)41)32-29(38)24(16-20-8-4-2-5-9-20)33-30(39)43-19-21-10-6-3-7-11-21/h2-15,24-25H,16-19H2,1H3,(H,31,37)(H,32,38)(H,33,39). The number of benzene rings is 3. The number of non-ortho nitro benzene ring substituents is 1. The van der Waals surface area contributed by atoms with Gasteiger partial charge in [0.05, 0.1) is 18.5 Å². The second kappa shape index (κ2) is 16.6. The second-order valence-electron chi connectivity index (χ2n) is 9.23. The number of rotatable bonds is 14. The van der Waals surface area contributed by atoms with Crippen molar-refractivity contribution in [3.8, 4) is 5.75 Å². The average molecular weight is 607 g/mol. The third kappa shape index (κ3) is 10.9. The predicted molar refractivity (Wildman–Crippen MR) is 154 cm³/mol. The van der Waals surface area contributed by atoms with Gasteiger partial charge in [-0.3, -0.25) is 24.5 Å². The number of nitrogens with zero attached hydrogens (tertiary/aromatic N) is 1. The number of nitro groups is 1. The fraction of sp³-hybridized carbons (Fsp3) is 0.233. The lowest BCUT2D eigenvalue weighted by Gasteiger charge is -2.22. The normalized spacial score (nSPS) is 11.7. The van der Waals surface area contributed by atoms with Crippen molar-refractivity contribution in [3.63, 3.8) is 0 Å². The van der Waals surface area contributed by atoms with Crippen LogP contribution in [0.5, 0.6) is 5.75 Å². The van der Waals surface area contributed by atoms with Crippen molar-refractivity contribution < 1.29 is 43.1 Å². The number of esters is 2. The van der Waals surface area contributed by atoms with E-state index in [0.29, 0.717) is 5.56 Å². The molecular formula is C30H30N4O10. The molecule has 0 aliphatic carbocycles. The molecule has 0 spiro atoms. The summed E-state index contributed by atoms with van der Waals surface area (Å²) in [6.45, 7) is -0.698. The SMILES string of the molecule is COC(=O)CC(NC(=O)C(Cc1ccccc1)NC(=O)OCc1ccccc1)C(=O)NCC(=O)Oc1ccc([N+](=O)[O-])cc1. The van der Waals surface area contributed by atoms with E-state index in [0.717, 1.165) is 24.8 Å². The van der Waals surface area contributed by atoms with Crippen molar-refractivity contribution in [2.45, 2.75) is 31.5 Å². The van der Waals surface area contributed by atoms with Crippen LogP contribution in [0.4, 0.5) is 10.5 Å². The van der Waals surface area contributed by atoms with Crippen molar-refractivity contribution in [1.29, 1.82) is 0 Å². The number of carbonyl (C=O) groups is 5. The molecule has 0 aliphatic rings. The van der Waals surface area contributed by atoms with E-state index < -0.39 is 59.8 Å². The summed E-state index contributed by atoms with van der Waals surface area (Å²) >= 11 is 0. The zero-order chi connectivity index (χ0) is 31.9. The maximum atomic E-state index is 13.3. The van der Waals surface area contributed by atoms with E-state index in [-0.39, 0.29) is 24.5 Å². The summed E-state index contributed by atoms with van der Waals surface area (Å²) in [5, 5.41) is 18.0. The first-order chi connectivity index (χ1) is 21.1. The molecule has 230 valence electrons. The van der Waals surface area contributed by atoms with Crippen LogP contribution < -0.4 is 20.7 Å². The summed E-state index contributed by atoms with van der Waals surface area (Å²) in [6, 6.07) is 19.7. The molecule has 3 rings (SSSR count). The van der Waals surface area contributed by atoms with Gasteiger partial charge in [0.25, 0.3) is 5.69 Å². The van der Waals surface area contributed by atoms with Crippen LogP contribution in [0.1, 0.15) is 17.5 Å². The highest BCUT2D eigenvalue weighted by Crippen LogP contribution is 2.17. The number of alkyl carbamates (subject to hydrolysis) is 1. The highest BCUT2D eigenvalue weighted by atomic mass is 16.6. The van der Waals surface area contributed by atoms with Crippen molar-refractivity contribution in [2.75, 3.05) is 13.7 Å². The number of carbonyl (C=O) groups excluding carboxylic acids is 5. The summed E-state index contributed by atoms with van der Waals surface area (Å²) in [4.78, 5) is 73.3. The molecule has 0 heterocycles. The summed E-state index contributed by atoms with van der Waals surface area (Å²) < 4.78 is 14.9. The highest BCUT2D eigenvalue weighted by molar-refractivity contribution is 5.94. The molecule has 0 fully saturated rings. The first kappa shape index (κ1) is 32.7. The number of ether oxygens (including phenoxy) is 3. The Labute approximate surface area is 251 Å². The maximum Gasteiger partial charge on any atom is 0.408 e. The van der Waals surface area contributed by atoms with Gasteiger partial charge in [-0.25, -0.2) is 9.59 Å². The average Bonchev–Trinajstić information content (AvgIpc) is 3.03. The van der Waals surface area contributed by atoms with Gasteiger partial charge in [-0.2, -0.15) is 0 Å². The summed E-state index contributed by atoms with van der Waals surface area (Å²) in [6.07, 6.45) is -1.43. The Kier molecular flexibility index (Phi) is 12.3. The number of hydrogen-bond donors (Lipinski definition) is 3. The predicted octanol–water partition coefficient (Wildman–Crippen LogP) is 2.20. The molecule has 0 bridgehead atoms.